The first-order chi connectivity index (χ1) is 7.88. The largest absolute Gasteiger partial charge is 0.370 e. The number of nitrogens with zero attached hydrogens (tertiary/aromatic N) is 2. The maximum Gasteiger partial charge on any atom is 0.129 e. The summed E-state index contributed by atoms with van der Waals surface area (Å²) >= 11 is 0. The van der Waals surface area contributed by atoms with Crippen LogP contribution in [-0.4, -0.2) is 29.1 Å². The van der Waals surface area contributed by atoms with Gasteiger partial charge < -0.3 is 10.6 Å². The van der Waals surface area contributed by atoms with E-state index in [0.717, 1.165) is 24.5 Å². The molecule has 0 amide bonds. The van der Waals surface area contributed by atoms with Gasteiger partial charge in [-0.15, -0.1) is 0 Å². The standard InChI is InChI=1S/C12H20N4/c1-2-10-8-12(16-9-15-10)14-7-5-11-4-3-6-13-11/h8-9,11,13H,2-7H2,1H3,(H,14,15,16)/t11-/m0/s1. The summed E-state index contributed by atoms with van der Waals surface area (Å²) in [5, 5.41) is 6.85. The molecule has 2 heterocycles. The third-order valence-electron chi connectivity index (χ3n) is 3.05. The van der Waals surface area contributed by atoms with E-state index < -0.39 is 0 Å². The minimum Gasteiger partial charge on any atom is -0.370 e. The normalized spacial score (nSPS) is 19.9. The Kier molecular flexibility index (Phi) is 4.10. The molecule has 0 unspecified atom stereocenters. The van der Waals surface area contributed by atoms with Crippen LogP contribution in [0.25, 0.3) is 0 Å². The number of hydrogen-bond donors (Lipinski definition) is 2. The van der Waals surface area contributed by atoms with Crippen LogP contribution in [0.2, 0.25) is 0 Å². The van der Waals surface area contributed by atoms with E-state index in [0.29, 0.717) is 6.04 Å². The van der Waals surface area contributed by atoms with Crippen LogP contribution in [0.4, 0.5) is 5.82 Å². The lowest BCUT2D eigenvalue weighted by molar-refractivity contribution is 0.574. The van der Waals surface area contributed by atoms with Crippen molar-refractivity contribution in [3.05, 3.63) is 18.1 Å². The molecule has 0 radical (unpaired) electrons. The molecule has 1 aliphatic rings. The second kappa shape index (κ2) is 5.80. The van der Waals surface area contributed by atoms with Gasteiger partial charge in [0, 0.05) is 24.3 Å². The Balaban J connectivity index is 1.75. The summed E-state index contributed by atoms with van der Waals surface area (Å²) in [6, 6.07) is 2.72. The molecule has 0 spiro atoms. The van der Waals surface area contributed by atoms with E-state index in [2.05, 4.69) is 27.5 Å². The van der Waals surface area contributed by atoms with Crippen molar-refractivity contribution in [3.8, 4) is 0 Å². The highest BCUT2D eigenvalue weighted by Gasteiger charge is 2.12. The number of nitrogens with one attached hydrogen (secondary N) is 2. The Bertz CT molecular complexity index is 321. The first-order valence-corrected chi connectivity index (χ1v) is 6.16. The van der Waals surface area contributed by atoms with Gasteiger partial charge in [0.1, 0.15) is 12.1 Å². The molecule has 1 fully saturated rings. The van der Waals surface area contributed by atoms with Crippen molar-refractivity contribution in [2.75, 3.05) is 18.4 Å². The van der Waals surface area contributed by atoms with E-state index in [9.17, 15) is 0 Å². The number of anilines is 1. The second-order valence-corrected chi connectivity index (χ2v) is 4.26. The summed E-state index contributed by atoms with van der Waals surface area (Å²) in [7, 11) is 0. The van der Waals surface area contributed by atoms with Crippen molar-refractivity contribution in [2.24, 2.45) is 0 Å². The van der Waals surface area contributed by atoms with Crippen LogP contribution in [0.1, 0.15) is 31.9 Å². The average molecular weight is 220 g/mol. The van der Waals surface area contributed by atoms with E-state index in [4.69, 9.17) is 0 Å². The van der Waals surface area contributed by atoms with Crippen molar-refractivity contribution in [1.82, 2.24) is 15.3 Å². The van der Waals surface area contributed by atoms with Gasteiger partial charge in [0.15, 0.2) is 0 Å². The van der Waals surface area contributed by atoms with E-state index >= 15 is 0 Å². The fourth-order valence-electron chi connectivity index (χ4n) is 2.07. The molecule has 0 bridgehead atoms. The van der Waals surface area contributed by atoms with Gasteiger partial charge in [0.25, 0.3) is 0 Å². The highest BCUT2D eigenvalue weighted by Crippen LogP contribution is 2.09. The van der Waals surface area contributed by atoms with Gasteiger partial charge >= 0.3 is 0 Å². The van der Waals surface area contributed by atoms with Crippen LogP contribution < -0.4 is 10.6 Å². The van der Waals surface area contributed by atoms with Crippen molar-refractivity contribution in [3.63, 3.8) is 0 Å². The monoisotopic (exact) mass is 220 g/mol. The molecule has 1 aromatic rings. The summed E-state index contributed by atoms with van der Waals surface area (Å²) in [5.41, 5.74) is 1.09. The summed E-state index contributed by atoms with van der Waals surface area (Å²) in [6.07, 6.45) is 6.39. The predicted molar refractivity (Wildman–Crippen MR) is 65.5 cm³/mol. The minimum absolute atomic E-state index is 0.694. The fourth-order valence-corrected chi connectivity index (χ4v) is 2.07. The number of aromatic nitrogens is 2. The number of hydrogen-bond acceptors (Lipinski definition) is 4. The lowest BCUT2D eigenvalue weighted by Gasteiger charge is -2.11. The van der Waals surface area contributed by atoms with Gasteiger partial charge in [0.05, 0.1) is 0 Å². The molecule has 4 nitrogen and oxygen atoms in total. The van der Waals surface area contributed by atoms with Crippen LogP contribution in [0.3, 0.4) is 0 Å². The average Bonchev–Trinajstić information content (AvgIpc) is 2.82. The summed E-state index contributed by atoms with van der Waals surface area (Å²) in [6.45, 7) is 4.27. The maximum atomic E-state index is 4.21. The lowest BCUT2D eigenvalue weighted by atomic mass is 10.1. The maximum absolute atomic E-state index is 4.21. The van der Waals surface area contributed by atoms with Crippen molar-refractivity contribution >= 4 is 5.82 Å². The van der Waals surface area contributed by atoms with Crippen molar-refractivity contribution < 1.29 is 0 Å². The molecule has 0 aliphatic carbocycles. The molecule has 4 heteroatoms. The molecular formula is C12H20N4. The first-order valence-electron chi connectivity index (χ1n) is 6.16. The zero-order valence-corrected chi connectivity index (χ0v) is 9.87. The van der Waals surface area contributed by atoms with Crippen molar-refractivity contribution in [2.45, 2.75) is 38.6 Å². The highest BCUT2D eigenvalue weighted by atomic mass is 15.0. The third-order valence-corrected chi connectivity index (χ3v) is 3.05. The quantitative estimate of drug-likeness (QED) is 0.791. The molecule has 16 heavy (non-hydrogen) atoms. The molecule has 0 aromatic carbocycles. The molecule has 1 atom stereocenters. The van der Waals surface area contributed by atoms with E-state index in [1.54, 1.807) is 6.33 Å². The first kappa shape index (κ1) is 11.3. The summed E-state index contributed by atoms with van der Waals surface area (Å²) < 4.78 is 0. The highest BCUT2D eigenvalue weighted by molar-refractivity contribution is 5.34. The fraction of sp³-hybridized carbons (Fsp3) is 0.667. The third kappa shape index (κ3) is 3.17. The van der Waals surface area contributed by atoms with Crippen LogP contribution in [0.5, 0.6) is 0 Å². The topological polar surface area (TPSA) is 49.8 Å². The molecule has 88 valence electrons. The Morgan fingerprint density at radius 3 is 3.19 bits per heavy atom. The molecule has 2 N–H and O–H groups in total. The lowest BCUT2D eigenvalue weighted by Crippen LogP contribution is -2.24. The molecule has 0 saturated carbocycles. The van der Waals surface area contributed by atoms with Crippen LogP contribution in [-0.2, 0) is 6.42 Å². The minimum atomic E-state index is 0.694. The van der Waals surface area contributed by atoms with Gasteiger partial charge in [0.2, 0.25) is 0 Å². The van der Waals surface area contributed by atoms with Crippen LogP contribution in [0, 0.1) is 0 Å². The SMILES string of the molecule is CCc1cc(NCC[C@@H]2CCCN2)ncn1. The van der Waals surface area contributed by atoms with Gasteiger partial charge in [-0.3, -0.25) is 0 Å². The number of rotatable bonds is 5. The zero-order chi connectivity index (χ0) is 11.2. The van der Waals surface area contributed by atoms with Gasteiger partial charge in [-0.05, 0) is 32.2 Å². The Labute approximate surface area is 96.9 Å². The molecular weight excluding hydrogens is 200 g/mol. The Morgan fingerprint density at radius 1 is 1.50 bits per heavy atom. The summed E-state index contributed by atoms with van der Waals surface area (Å²) in [4.78, 5) is 8.39. The van der Waals surface area contributed by atoms with E-state index in [1.807, 2.05) is 6.07 Å². The number of aryl methyl sites for hydroxylation is 1. The summed E-state index contributed by atoms with van der Waals surface area (Å²) in [5.74, 6) is 0.949. The van der Waals surface area contributed by atoms with Crippen molar-refractivity contribution in [1.29, 1.82) is 0 Å². The van der Waals surface area contributed by atoms with E-state index in [-0.39, 0.29) is 0 Å². The smallest absolute Gasteiger partial charge is 0.129 e. The van der Waals surface area contributed by atoms with Gasteiger partial charge in [-0.1, -0.05) is 6.92 Å². The van der Waals surface area contributed by atoms with E-state index in [1.165, 1.54) is 25.8 Å². The second-order valence-electron chi connectivity index (χ2n) is 4.26. The van der Waals surface area contributed by atoms with Gasteiger partial charge in [-0.2, -0.15) is 0 Å². The van der Waals surface area contributed by atoms with Gasteiger partial charge in [-0.25, -0.2) is 9.97 Å². The Morgan fingerprint density at radius 2 is 2.44 bits per heavy atom. The molecule has 2 rings (SSSR count). The molecule has 1 saturated heterocycles. The zero-order valence-electron chi connectivity index (χ0n) is 9.87. The van der Waals surface area contributed by atoms with Crippen LogP contribution in [0.15, 0.2) is 12.4 Å². The van der Waals surface area contributed by atoms with Crippen LogP contribution >= 0.6 is 0 Å². The predicted octanol–water partition coefficient (Wildman–Crippen LogP) is 1.59. The molecule has 1 aliphatic heterocycles. The Hall–Kier alpha value is -1.16. The molecule has 1 aromatic heterocycles.